The van der Waals surface area contributed by atoms with Gasteiger partial charge < -0.3 is 0 Å². The van der Waals surface area contributed by atoms with E-state index in [9.17, 15) is 8.42 Å². The first-order valence-electron chi connectivity index (χ1n) is 7.50. The van der Waals surface area contributed by atoms with Gasteiger partial charge >= 0.3 is 0 Å². The molecule has 120 valence electrons. The van der Waals surface area contributed by atoms with E-state index in [-0.39, 0.29) is 5.92 Å². The number of aryl methyl sites for hydroxylation is 1. The predicted octanol–water partition coefficient (Wildman–Crippen LogP) is 3.79. The lowest BCUT2D eigenvalue weighted by atomic mass is 9.96. The standard InChI is InChI=1S/C19H21NO2S/c1-3-7-17(18-8-5-4-6-9-18)14-15-20-23(21,22)19-12-10-16(2)11-13-19/h4-13,17,20H,1,14-15H2,2H3. The van der Waals surface area contributed by atoms with Gasteiger partial charge in [0.2, 0.25) is 10.0 Å². The normalized spacial score (nSPS) is 12.4. The summed E-state index contributed by atoms with van der Waals surface area (Å²) in [6.07, 6.45) is 2.52. The number of benzene rings is 2. The van der Waals surface area contributed by atoms with E-state index in [4.69, 9.17) is 0 Å². The van der Waals surface area contributed by atoms with Gasteiger partial charge in [0.1, 0.15) is 0 Å². The molecule has 2 aromatic rings. The van der Waals surface area contributed by atoms with Crippen LogP contribution in [0.3, 0.4) is 0 Å². The highest BCUT2D eigenvalue weighted by atomic mass is 32.2. The molecule has 3 nitrogen and oxygen atoms in total. The summed E-state index contributed by atoms with van der Waals surface area (Å²) in [6.45, 7) is 5.90. The Hall–Kier alpha value is -2.13. The van der Waals surface area contributed by atoms with Crippen molar-refractivity contribution in [3.8, 4) is 0 Å². The van der Waals surface area contributed by atoms with Crippen molar-refractivity contribution in [2.45, 2.75) is 24.2 Å². The zero-order valence-corrected chi connectivity index (χ0v) is 14.0. The Bertz CT molecular complexity index is 774. The first-order valence-corrected chi connectivity index (χ1v) is 8.98. The van der Waals surface area contributed by atoms with Crippen molar-refractivity contribution in [2.75, 3.05) is 6.54 Å². The van der Waals surface area contributed by atoms with Crippen LogP contribution in [0.1, 0.15) is 23.5 Å². The minimum atomic E-state index is -3.47. The fraction of sp³-hybridized carbons (Fsp3) is 0.211. The lowest BCUT2D eigenvalue weighted by Gasteiger charge is -2.13. The Morgan fingerprint density at radius 2 is 1.78 bits per heavy atom. The van der Waals surface area contributed by atoms with E-state index in [1.807, 2.05) is 43.3 Å². The maximum Gasteiger partial charge on any atom is 0.240 e. The second kappa shape index (κ2) is 7.93. The Morgan fingerprint density at radius 1 is 1.13 bits per heavy atom. The molecule has 2 rings (SSSR count). The molecule has 23 heavy (non-hydrogen) atoms. The minimum absolute atomic E-state index is 0.0921. The van der Waals surface area contributed by atoms with Crippen molar-refractivity contribution >= 4 is 10.0 Å². The minimum Gasteiger partial charge on any atom is -0.211 e. The molecule has 0 aromatic heterocycles. The van der Waals surface area contributed by atoms with Crippen LogP contribution in [0.5, 0.6) is 0 Å². The number of allylic oxidation sites excluding steroid dienone is 1. The van der Waals surface area contributed by atoms with Crippen LogP contribution in [-0.4, -0.2) is 15.0 Å². The SMILES string of the molecule is C=C=CC(CCNS(=O)(=O)c1ccc(C)cc1)c1ccccc1. The fourth-order valence-electron chi connectivity index (χ4n) is 2.34. The molecule has 0 saturated heterocycles. The zero-order valence-electron chi connectivity index (χ0n) is 13.2. The van der Waals surface area contributed by atoms with Crippen LogP contribution in [0.4, 0.5) is 0 Å². The van der Waals surface area contributed by atoms with Crippen molar-refractivity contribution in [1.82, 2.24) is 4.72 Å². The molecule has 0 aliphatic carbocycles. The number of rotatable bonds is 7. The van der Waals surface area contributed by atoms with Crippen LogP contribution >= 0.6 is 0 Å². The molecule has 4 heteroatoms. The van der Waals surface area contributed by atoms with Crippen LogP contribution in [0.15, 0.2) is 77.9 Å². The lowest BCUT2D eigenvalue weighted by molar-refractivity contribution is 0.576. The van der Waals surface area contributed by atoms with Crippen molar-refractivity contribution < 1.29 is 8.42 Å². The van der Waals surface area contributed by atoms with Gasteiger partial charge in [-0.05, 0) is 37.1 Å². The quantitative estimate of drug-likeness (QED) is 0.787. The summed E-state index contributed by atoms with van der Waals surface area (Å²) in [5, 5.41) is 0. The van der Waals surface area contributed by atoms with E-state index in [0.29, 0.717) is 17.9 Å². The summed E-state index contributed by atoms with van der Waals surface area (Å²) in [5.41, 5.74) is 4.95. The van der Waals surface area contributed by atoms with E-state index in [1.54, 1.807) is 24.3 Å². The average Bonchev–Trinajstić information content (AvgIpc) is 2.55. The van der Waals surface area contributed by atoms with Gasteiger partial charge in [0.25, 0.3) is 0 Å². The van der Waals surface area contributed by atoms with Gasteiger partial charge in [0.15, 0.2) is 0 Å². The fourth-order valence-corrected chi connectivity index (χ4v) is 3.39. The first kappa shape index (κ1) is 17.2. The van der Waals surface area contributed by atoms with E-state index < -0.39 is 10.0 Å². The van der Waals surface area contributed by atoms with Crippen LogP contribution in [0.25, 0.3) is 0 Å². The van der Waals surface area contributed by atoms with Crippen molar-refractivity contribution in [3.05, 3.63) is 84.1 Å². The van der Waals surface area contributed by atoms with Gasteiger partial charge in [-0.2, -0.15) is 0 Å². The average molecular weight is 327 g/mol. The molecule has 0 radical (unpaired) electrons. The van der Waals surface area contributed by atoms with E-state index in [0.717, 1.165) is 11.1 Å². The smallest absolute Gasteiger partial charge is 0.211 e. The van der Waals surface area contributed by atoms with Gasteiger partial charge in [-0.15, -0.1) is 5.73 Å². The highest BCUT2D eigenvalue weighted by Gasteiger charge is 2.14. The molecule has 2 aromatic carbocycles. The molecule has 0 aliphatic heterocycles. The molecule has 1 unspecified atom stereocenters. The summed E-state index contributed by atoms with van der Waals surface area (Å²) in [5.74, 6) is 0.0921. The summed E-state index contributed by atoms with van der Waals surface area (Å²) >= 11 is 0. The number of hydrogen-bond donors (Lipinski definition) is 1. The molecule has 0 bridgehead atoms. The Labute approximate surface area is 138 Å². The van der Waals surface area contributed by atoms with Crippen molar-refractivity contribution in [3.63, 3.8) is 0 Å². The molecule has 0 amide bonds. The maximum atomic E-state index is 12.3. The number of hydrogen-bond acceptors (Lipinski definition) is 2. The van der Waals surface area contributed by atoms with E-state index in [1.165, 1.54) is 0 Å². The molecule has 0 spiro atoms. The predicted molar refractivity (Wildman–Crippen MR) is 93.9 cm³/mol. The third-order valence-electron chi connectivity index (χ3n) is 3.63. The molecule has 0 fully saturated rings. The Kier molecular flexibility index (Phi) is 5.94. The Morgan fingerprint density at radius 3 is 2.39 bits per heavy atom. The van der Waals surface area contributed by atoms with Gasteiger partial charge in [-0.3, -0.25) is 0 Å². The topological polar surface area (TPSA) is 46.2 Å². The van der Waals surface area contributed by atoms with E-state index in [2.05, 4.69) is 17.0 Å². The summed E-state index contributed by atoms with van der Waals surface area (Å²) in [4.78, 5) is 0.290. The first-order chi connectivity index (χ1) is 11.0. The third kappa shape index (κ3) is 4.93. The van der Waals surface area contributed by atoms with Crippen LogP contribution in [0.2, 0.25) is 0 Å². The second-order valence-corrected chi connectivity index (χ2v) is 7.15. The van der Waals surface area contributed by atoms with E-state index >= 15 is 0 Å². The molecule has 1 atom stereocenters. The molecular formula is C19H21NO2S. The van der Waals surface area contributed by atoms with Crippen molar-refractivity contribution in [1.29, 1.82) is 0 Å². The third-order valence-corrected chi connectivity index (χ3v) is 5.10. The summed E-state index contributed by atoms with van der Waals surface area (Å²) in [6, 6.07) is 16.8. The van der Waals surface area contributed by atoms with Gasteiger partial charge in [0, 0.05) is 12.5 Å². The second-order valence-electron chi connectivity index (χ2n) is 5.39. The number of sulfonamides is 1. The molecular weight excluding hydrogens is 306 g/mol. The zero-order chi connectivity index (χ0) is 16.7. The van der Waals surface area contributed by atoms with Crippen molar-refractivity contribution in [2.24, 2.45) is 0 Å². The lowest BCUT2D eigenvalue weighted by Crippen LogP contribution is -2.25. The maximum absolute atomic E-state index is 12.3. The van der Waals surface area contributed by atoms with Crippen LogP contribution < -0.4 is 4.72 Å². The monoisotopic (exact) mass is 327 g/mol. The summed E-state index contributed by atoms with van der Waals surface area (Å²) < 4.78 is 27.2. The molecule has 0 aliphatic rings. The highest BCUT2D eigenvalue weighted by molar-refractivity contribution is 7.89. The van der Waals surface area contributed by atoms with Crippen LogP contribution in [0, 0.1) is 6.92 Å². The molecule has 0 heterocycles. The number of nitrogens with one attached hydrogen (secondary N) is 1. The van der Waals surface area contributed by atoms with Gasteiger partial charge in [0.05, 0.1) is 4.90 Å². The molecule has 1 N–H and O–H groups in total. The molecule has 0 saturated carbocycles. The Balaban J connectivity index is 2.02. The highest BCUT2D eigenvalue weighted by Crippen LogP contribution is 2.20. The van der Waals surface area contributed by atoms with Gasteiger partial charge in [-0.25, -0.2) is 13.1 Å². The summed E-state index contributed by atoms with van der Waals surface area (Å²) in [7, 11) is -3.47. The van der Waals surface area contributed by atoms with Crippen LogP contribution in [-0.2, 0) is 10.0 Å². The largest absolute Gasteiger partial charge is 0.240 e. The van der Waals surface area contributed by atoms with Gasteiger partial charge in [-0.1, -0.05) is 54.6 Å².